The van der Waals surface area contributed by atoms with Crippen LogP contribution in [0.2, 0.25) is 0 Å². The Morgan fingerprint density at radius 2 is 1.84 bits per heavy atom. The predicted octanol–water partition coefficient (Wildman–Crippen LogP) is 1.20. The first kappa shape index (κ1) is 13.9. The fourth-order valence-electron chi connectivity index (χ4n) is 2.11. The van der Waals surface area contributed by atoms with Crippen LogP contribution in [0.15, 0.2) is 18.2 Å². The van der Waals surface area contributed by atoms with E-state index in [1.807, 2.05) is 4.90 Å². The van der Waals surface area contributed by atoms with Crippen molar-refractivity contribution >= 4 is 11.6 Å². The summed E-state index contributed by atoms with van der Waals surface area (Å²) in [6.07, 6.45) is 0. The molecule has 2 N–H and O–H groups in total. The highest BCUT2D eigenvalue weighted by Gasteiger charge is 2.22. The zero-order valence-corrected chi connectivity index (χ0v) is 10.7. The van der Waals surface area contributed by atoms with E-state index < -0.39 is 11.6 Å². The monoisotopic (exact) mass is 269 g/mol. The van der Waals surface area contributed by atoms with Crippen LogP contribution in [0.5, 0.6) is 0 Å². The van der Waals surface area contributed by atoms with E-state index >= 15 is 0 Å². The molecule has 1 atom stereocenters. The molecule has 1 amide bonds. The van der Waals surface area contributed by atoms with Gasteiger partial charge < -0.3 is 10.6 Å². The van der Waals surface area contributed by atoms with Gasteiger partial charge in [0.05, 0.1) is 6.04 Å². The lowest BCUT2D eigenvalue weighted by Gasteiger charge is -2.31. The highest BCUT2D eigenvalue weighted by atomic mass is 19.1. The molecule has 104 valence electrons. The Labute approximate surface area is 110 Å². The number of piperazine rings is 1. The summed E-state index contributed by atoms with van der Waals surface area (Å²) in [6.45, 7) is 5.03. The Bertz CT molecular complexity index is 441. The number of hydrogen-bond acceptors (Lipinski definition) is 3. The quantitative estimate of drug-likeness (QED) is 0.866. The molecule has 1 fully saturated rings. The number of anilines is 1. The minimum Gasteiger partial charge on any atom is -0.325 e. The summed E-state index contributed by atoms with van der Waals surface area (Å²) in [5.41, 5.74) is 0.143. The van der Waals surface area contributed by atoms with Crippen molar-refractivity contribution in [1.29, 1.82) is 0 Å². The molecule has 0 radical (unpaired) electrons. The fourth-order valence-corrected chi connectivity index (χ4v) is 2.11. The van der Waals surface area contributed by atoms with Crippen molar-refractivity contribution in [2.75, 3.05) is 31.5 Å². The van der Waals surface area contributed by atoms with Gasteiger partial charge in [-0.05, 0) is 19.1 Å². The minimum absolute atomic E-state index is 0.143. The van der Waals surface area contributed by atoms with E-state index in [1.54, 1.807) is 6.92 Å². The van der Waals surface area contributed by atoms with Crippen LogP contribution in [-0.2, 0) is 4.79 Å². The standard InChI is InChI=1S/C13H17F2N3O/c1-9(18-4-2-16-3-5-18)13(19)17-12-7-10(14)6-11(15)8-12/h6-9,16H,2-5H2,1H3,(H,17,19). The third-order valence-electron chi connectivity index (χ3n) is 3.21. The van der Waals surface area contributed by atoms with Crippen molar-refractivity contribution in [3.05, 3.63) is 29.8 Å². The number of hydrogen-bond donors (Lipinski definition) is 2. The summed E-state index contributed by atoms with van der Waals surface area (Å²) in [6, 6.07) is 2.65. The lowest BCUT2D eigenvalue weighted by Crippen LogP contribution is -2.51. The summed E-state index contributed by atoms with van der Waals surface area (Å²) >= 11 is 0. The summed E-state index contributed by atoms with van der Waals surface area (Å²) in [4.78, 5) is 14.0. The second-order valence-electron chi connectivity index (χ2n) is 4.61. The molecular weight excluding hydrogens is 252 g/mol. The van der Waals surface area contributed by atoms with Crippen LogP contribution in [0.25, 0.3) is 0 Å². The zero-order chi connectivity index (χ0) is 13.8. The third kappa shape index (κ3) is 3.71. The SMILES string of the molecule is CC(C(=O)Nc1cc(F)cc(F)c1)N1CCNCC1. The second kappa shape index (κ2) is 6.08. The molecule has 0 saturated carbocycles. The van der Waals surface area contributed by atoms with Crippen molar-refractivity contribution in [2.45, 2.75) is 13.0 Å². The van der Waals surface area contributed by atoms with E-state index in [0.717, 1.165) is 44.4 Å². The van der Waals surface area contributed by atoms with Gasteiger partial charge in [0, 0.05) is 37.9 Å². The molecule has 1 aliphatic heterocycles. The highest BCUT2D eigenvalue weighted by Crippen LogP contribution is 2.14. The molecule has 19 heavy (non-hydrogen) atoms. The maximum absolute atomic E-state index is 13.0. The number of amides is 1. The molecule has 1 unspecified atom stereocenters. The Morgan fingerprint density at radius 3 is 2.42 bits per heavy atom. The van der Waals surface area contributed by atoms with Crippen molar-refractivity contribution < 1.29 is 13.6 Å². The average molecular weight is 269 g/mol. The maximum Gasteiger partial charge on any atom is 0.241 e. The molecule has 0 bridgehead atoms. The lowest BCUT2D eigenvalue weighted by atomic mass is 10.2. The Morgan fingerprint density at radius 1 is 1.26 bits per heavy atom. The third-order valence-corrected chi connectivity index (χ3v) is 3.21. The van der Waals surface area contributed by atoms with Crippen LogP contribution in [-0.4, -0.2) is 43.0 Å². The minimum atomic E-state index is -0.704. The molecule has 1 heterocycles. The van der Waals surface area contributed by atoms with Gasteiger partial charge in [-0.1, -0.05) is 0 Å². The first-order valence-electron chi connectivity index (χ1n) is 6.28. The number of nitrogens with zero attached hydrogens (tertiary/aromatic N) is 1. The molecule has 0 spiro atoms. The van der Waals surface area contributed by atoms with Crippen molar-refractivity contribution in [3.8, 4) is 0 Å². The van der Waals surface area contributed by atoms with Gasteiger partial charge in [0.15, 0.2) is 0 Å². The second-order valence-corrected chi connectivity index (χ2v) is 4.61. The van der Waals surface area contributed by atoms with E-state index in [2.05, 4.69) is 10.6 Å². The molecule has 1 aliphatic rings. The van der Waals surface area contributed by atoms with Crippen LogP contribution in [0, 0.1) is 11.6 Å². The van der Waals surface area contributed by atoms with Crippen molar-refractivity contribution in [3.63, 3.8) is 0 Å². The van der Waals surface area contributed by atoms with Crippen molar-refractivity contribution in [1.82, 2.24) is 10.2 Å². The molecule has 0 aliphatic carbocycles. The van der Waals surface area contributed by atoms with Gasteiger partial charge in [-0.2, -0.15) is 0 Å². The fraction of sp³-hybridized carbons (Fsp3) is 0.462. The first-order valence-corrected chi connectivity index (χ1v) is 6.28. The zero-order valence-electron chi connectivity index (χ0n) is 10.7. The van der Waals surface area contributed by atoms with Gasteiger partial charge in [0.2, 0.25) is 5.91 Å². The molecule has 0 aromatic heterocycles. The maximum atomic E-state index is 13.0. The van der Waals surface area contributed by atoms with Gasteiger partial charge in [-0.15, -0.1) is 0 Å². The van der Waals surface area contributed by atoms with Crippen LogP contribution in [0.4, 0.5) is 14.5 Å². The average Bonchev–Trinajstić information content (AvgIpc) is 2.37. The molecule has 6 heteroatoms. The normalized spacial score (nSPS) is 18.1. The number of nitrogens with one attached hydrogen (secondary N) is 2. The molecule has 2 rings (SSSR count). The lowest BCUT2D eigenvalue weighted by molar-refractivity contribution is -0.120. The number of rotatable bonds is 3. The van der Waals surface area contributed by atoms with E-state index in [4.69, 9.17) is 0 Å². The van der Waals surface area contributed by atoms with Crippen LogP contribution >= 0.6 is 0 Å². The number of halogens is 2. The molecule has 1 aromatic carbocycles. The summed E-state index contributed by atoms with van der Waals surface area (Å²) in [5.74, 6) is -1.66. The molecule has 1 saturated heterocycles. The number of benzene rings is 1. The first-order chi connectivity index (χ1) is 9.06. The Hall–Kier alpha value is -1.53. The smallest absolute Gasteiger partial charge is 0.241 e. The van der Waals surface area contributed by atoms with E-state index in [1.165, 1.54) is 0 Å². The summed E-state index contributed by atoms with van der Waals surface area (Å²) in [5, 5.41) is 5.74. The van der Waals surface area contributed by atoms with Crippen molar-refractivity contribution in [2.24, 2.45) is 0 Å². The highest BCUT2D eigenvalue weighted by molar-refractivity contribution is 5.94. The number of carbonyl (C=O) groups excluding carboxylic acids is 1. The Kier molecular flexibility index (Phi) is 4.44. The molecular formula is C13H17F2N3O. The van der Waals surface area contributed by atoms with Gasteiger partial charge in [0.25, 0.3) is 0 Å². The molecule has 4 nitrogen and oxygen atoms in total. The van der Waals surface area contributed by atoms with Crippen LogP contribution < -0.4 is 10.6 Å². The van der Waals surface area contributed by atoms with Gasteiger partial charge >= 0.3 is 0 Å². The summed E-state index contributed by atoms with van der Waals surface area (Å²) in [7, 11) is 0. The summed E-state index contributed by atoms with van der Waals surface area (Å²) < 4.78 is 26.0. The van der Waals surface area contributed by atoms with E-state index in [9.17, 15) is 13.6 Å². The predicted molar refractivity (Wildman–Crippen MR) is 68.9 cm³/mol. The van der Waals surface area contributed by atoms with E-state index in [0.29, 0.717) is 0 Å². The molecule has 1 aromatic rings. The van der Waals surface area contributed by atoms with Crippen LogP contribution in [0.3, 0.4) is 0 Å². The number of carbonyl (C=O) groups is 1. The van der Waals surface area contributed by atoms with Crippen LogP contribution in [0.1, 0.15) is 6.92 Å². The Balaban J connectivity index is 1.99. The van der Waals surface area contributed by atoms with Gasteiger partial charge in [-0.25, -0.2) is 8.78 Å². The topological polar surface area (TPSA) is 44.4 Å². The van der Waals surface area contributed by atoms with Gasteiger partial charge in [0.1, 0.15) is 11.6 Å². The van der Waals surface area contributed by atoms with E-state index in [-0.39, 0.29) is 17.6 Å². The van der Waals surface area contributed by atoms with Gasteiger partial charge in [-0.3, -0.25) is 9.69 Å². The largest absolute Gasteiger partial charge is 0.325 e.